The predicted octanol–water partition coefficient (Wildman–Crippen LogP) is 4.20. The Labute approximate surface area is 159 Å². The lowest BCUT2D eigenvalue weighted by Crippen LogP contribution is -2.22. The van der Waals surface area contributed by atoms with E-state index in [0.717, 1.165) is 32.0 Å². The number of allylic oxidation sites excluding steroid dienone is 1. The number of nitrogens with zero attached hydrogens (tertiary/aromatic N) is 4. The minimum atomic E-state index is 0.00857. The molecule has 132 valence electrons. The van der Waals surface area contributed by atoms with Crippen LogP contribution in [0.15, 0.2) is 53.2 Å². The minimum Gasteiger partial charge on any atom is -0.307 e. The number of hydrogen-bond donors (Lipinski definition) is 0. The number of pyridine rings is 1. The van der Waals surface area contributed by atoms with Crippen LogP contribution in [0.25, 0.3) is 15.9 Å². The summed E-state index contributed by atoms with van der Waals surface area (Å²) in [6.07, 6.45) is 5.72. The van der Waals surface area contributed by atoms with Crippen molar-refractivity contribution in [2.75, 3.05) is 0 Å². The second-order valence-electron chi connectivity index (χ2n) is 6.05. The largest absolute Gasteiger partial charge is 0.307 e. The van der Waals surface area contributed by atoms with Crippen LogP contribution in [0, 0.1) is 13.8 Å². The van der Waals surface area contributed by atoms with Gasteiger partial charge in [-0.05, 0) is 31.5 Å². The van der Waals surface area contributed by atoms with Gasteiger partial charge in [0.15, 0.2) is 5.16 Å². The lowest BCUT2D eigenvalue weighted by atomic mass is 10.2. The summed E-state index contributed by atoms with van der Waals surface area (Å²) >= 11 is 3.11. The summed E-state index contributed by atoms with van der Waals surface area (Å²) in [4.78, 5) is 24.3. The van der Waals surface area contributed by atoms with E-state index in [4.69, 9.17) is 4.98 Å². The molecule has 0 radical (unpaired) electrons. The molecule has 0 amide bonds. The first-order valence-corrected chi connectivity index (χ1v) is 10.1. The highest BCUT2D eigenvalue weighted by Crippen LogP contribution is 2.29. The molecule has 0 aliphatic carbocycles. The molecular formula is C19H18N4OS2. The molecule has 4 aromatic rings. The van der Waals surface area contributed by atoms with Crippen LogP contribution in [0.1, 0.15) is 16.1 Å². The molecule has 0 aliphatic rings. The number of thiophene rings is 1. The normalized spacial score (nSPS) is 11.5. The van der Waals surface area contributed by atoms with Gasteiger partial charge >= 0.3 is 0 Å². The van der Waals surface area contributed by atoms with Crippen molar-refractivity contribution >= 4 is 39.0 Å². The summed E-state index contributed by atoms with van der Waals surface area (Å²) in [5, 5.41) is 1.44. The fourth-order valence-electron chi connectivity index (χ4n) is 2.90. The number of aromatic nitrogens is 4. The molecule has 0 N–H and O–H groups in total. The van der Waals surface area contributed by atoms with Gasteiger partial charge in [0.05, 0.1) is 11.1 Å². The van der Waals surface area contributed by atoms with Crippen LogP contribution in [-0.2, 0) is 12.3 Å². The molecule has 0 saturated carbocycles. The molecule has 4 rings (SSSR count). The maximum Gasteiger partial charge on any atom is 0.263 e. The monoisotopic (exact) mass is 382 g/mol. The summed E-state index contributed by atoms with van der Waals surface area (Å²) in [5.74, 6) is 0.653. The number of fused-ring (bicyclic) bond motifs is 2. The Morgan fingerprint density at radius 1 is 1.31 bits per heavy atom. The van der Waals surface area contributed by atoms with Gasteiger partial charge in [-0.15, -0.1) is 17.9 Å². The number of hydrogen-bond acceptors (Lipinski definition) is 5. The lowest BCUT2D eigenvalue weighted by molar-refractivity contribution is 0.672. The molecule has 0 spiro atoms. The van der Waals surface area contributed by atoms with E-state index in [9.17, 15) is 4.79 Å². The molecule has 0 unspecified atom stereocenters. The molecule has 0 atom stereocenters. The van der Waals surface area contributed by atoms with Crippen molar-refractivity contribution in [2.45, 2.75) is 31.3 Å². The summed E-state index contributed by atoms with van der Waals surface area (Å²) < 4.78 is 3.70. The van der Waals surface area contributed by atoms with Gasteiger partial charge in [-0.25, -0.2) is 9.97 Å². The zero-order chi connectivity index (χ0) is 18.3. The number of aryl methyl sites for hydroxylation is 2. The summed E-state index contributed by atoms with van der Waals surface area (Å²) in [6, 6.07) is 5.92. The standard InChI is InChI=1S/C19H18N4OS2/c1-4-8-23-18(24)16-12(2)13(3)26-17(16)21-19(23)25-11-14-10-22-9-6-5-7-15(22)20-14/h4-7,9-10H,1,8,11H2,2-3H3. The maximum atomic E-state index is 13.0. The number of rotatable bonds is 5. The third kappa shape index (κ3) is 2.87. The van der Waals surface area contributed by atoms with E-state index in [-0.39, 0.29) is 5.56 Å². The molecule has 5 nitrogen and oxygen atoms in total. The molecule has 0 saturated heterocycles. The van der Waals surface area contributed by atoms with E-state index in [2.05, 4.69) is 11.6 Å². The average molecular weight is 383 g/mol. The van der Waals surface area contributed by atoms with Crippen LogP contribution < -0.4 is 5.56 Å². The fraction of sp³-hybridized carbons (Fsp3) is 0.211. The second-order valence-corrected chi connectivity index (χ2v) is 8.19. The first-order chi connectivity index (χ1) is 12.6. The Balaban J connectivity index is 1.73. The molecule has 4 heterocycles. The summed E-state index contributed by atoms with van der Waals surface area (Å²) in [6.45, 7) is 8.25. The van der Waals surface area contributed by atoms with Crippen molar-refractivity contribution < 1.29 is 0 Å². The molecule has 7 heteroatoms. The third-order valence-corrected chi connectivity index (χ3v) is 6.44. The predicted molar refractivity (Wildman–Crippen MR) is 108 cm³/mol. The highest BCUT2D eigenvalue weighted by atomic mass is 32.2. The first-order valence-electron chi connectivity index (χ1n) is 8.25. The van der Waals surface area contributed by atoms with Crippen molar-refractivity contribution in [1.82, 2.24) is 18.9 Å². The van der Waals surface area contributed by atoms with Crippen molar-refractivity contribution in [3.05, 3.63) is 69.7 Å². The second kappa shape index (κ2) is 6.74. The highest BCUT2D eigenvalue weighted by molar-refractivity contribution is 7.98. The smallest absolute Gasteiger partial charge is 0.263 e. The van der Waals surface area contributed by atoms with E-state index in [1.165, 1.54) is 11.8 Å². The van der Waals surface area contributed by atoms with Crippen molar-refractivity contribution in [3.63, 3.8) is 0 Å². The van der Waals surface area contributed by atoms with E-state index in [0.29, 0.717) is 17.5 Å². The topological polar surface area (TPSA) is 52.2 Å². The van der Waals surface area contributed by atoms with Gasteiger partial charge in [-0.1, -0.05) is 23.9 Å². The Morgan fingerprint density at radius 3 is 2.92 bits per heavy atom. The highest BCUT2D eigenvalue weighted by Gasteiger charge is 2.16. The SMILES string of the molecule is C=CCn1c(SCc2cn3ccccc3n2)nc2sc(C)c(C)c2c1=O. The Kier molecular flexibility index (Phi) is 4.42. The Hall–Kier alpha value is -2.38. The third-order valence-electron chi connectivity index (χ3n) is 4.33. The van der Waals surface area contributed by atoms with Crippen LogP contribution in [0.2, 0.25) is 0 Å². The van der Waals surface area contributed by atoms with Gasteiger partial charge in [-0.2, -0.15) is 0 Å². The summed E-state index contributed by atoms with van der Waals surface area (Å²) in [5.41, 5.74) is 2.91. The van der Waals surface area contributed by atoms with Gasteiger partial charge in [0.2, 0.25) is 0 Å². The number of imidazole rings is 1. The van der Waals surface area contributed by atoms with Gasteiger partial charge in [0.1, 0.15) is 10.5 Å². The molecule has 0 bridgehead atoms. The van der Waals surface area contributed by atoms with E-state index in [1.807, 2.05) is 48.8 Å². The van der Waals surface area contributed by atoms with Gasteiger partial charge in [0.25, 0.3) is 5.56 Å². The van der Waals surface area contributed by atoms with E-state index >= 15 is 0 Å². The van der Waals surface area contributed by atoms with E-state index < -0.39 is 0 Å². The summed E-state index contributed by atoms with van der Waals surface area (Å²) in [7, 11) is 0. The molecule has 0 fully saturated rings. The lowest BCUT2D eigenvalue weighted by Gasteiger charge is -2.09. The van der Waals surface area contributed by atoms with Crippen molar-refractivity contribution in [3.8, 4) is 0 Å². The van der Waals surface area contributed by atoms with Crippen molar-refractivity contribution in [1.29, 1.82) is 0 Å². The van der Waals surface area contributed by atoms with Crippen LogP contribution in [0.4, 0.5) is 0 Å². The zero-order valence-corrected chi connectivity index (χ0v) is 16.2. The van der Waals surface area contributed by atoms with Crippen LogP contribution in [0.3, 0.4) is 0 Å². The van der Waals surface area contributed by atoms with Crippen LogP contribution >= 0.6 is 23.1 Å². The molecule has 0 aromatic carbocycles. The fourth-order valence-corrected chi connectivity index (χ4v) is 4.87. The van der Waals surface area contributed by atoms with Gasteiger partial charge < -0.3 is 4.40 Å². The van der Waals surface area contributed by atoms with Crippen LogP contribution in [0.5, 0.6) is 0 Å². The zero-order valence-electron chi connectivity index (χ0n) is 14.6. The molecule has 0 aliphatic heterocycles. The van der Waals surface area contributed by atoms with Gasteiger partial charge in [-0.3, -0.25) is 9.36 Å². The minimum absolute atomic E-state index is 0.00857. The number of thioether (sulfide) groups is 1. The van der Waals surface area contributed by atoms with Gasteiger partial charge in [0, 0.05) is 29.6 Å². The average Bonchev–Trinajstić information content (AvgIpc) is 3.17. The van der Waals surface area contributed by atoms with Crippen LogP contribution in [-0.4, -0.2) is 18.9 Å². The van der Waals surface area contributed by atoms with E-state index in [1.54, 1.807) is 22.0 Å². The Morgan fingerprint density at radius 2 is 2.15 bits per heavy atom. The molecule has 26 heavy (non-hydrogen) atoms. The quantitative estimate of drug-likeness (QED) is 0.295. The first kappa shape index (κ1) is 17.1. The maximum absolute atomic E-state index is 13.0. The van der Waals surface area contributed by atoms with Crippen molar-refractivity contribution in [2.24, 2.45) is 0 Å². The molecular weight excluding hydrogens is 364 g/mol. The molecule has 4 aromatic heterocycles. The Bertz CT molecular complexity index is 1150.